The molecule has 2 N–H and O–H groups in total. The molecule has 0 radical (unpaired) electrons. The molecule has 0 aliphatic rings. The Morgan fingerprint density at radius 2 is 1.89 bits per heavy atom. The number of nitrogens with two attached hydrogens (primary N) is 1. The number of nitrogens with zero attached hydrogens (tertiary/aromatic N) is 1. The zero-order valence-electron chi connectivity index (χ0n) is 10.0. The van der Waals surface area contributed by atoms with Crippen molar-refractivity contribution >= 4 is 28.2 Å². The van der Waals surface area contributed by atoms with E-state index < -0.39 is 0 Å². The lowest BCUT2D eigenvalue weighted by Gasteiger charge is -2.10. The summed E-state index contributed by atoms with van der Waals surface area (Å²) in [5, 5.41) is 1.53. The summed E-state index contributed by atoms with van der Waals surface area (Å²) in [4.78, 5) is 4.29. The quantitative estimate of drug-likeness (QED) is 0.708. The van der Waals surface area contributed by atoms with Crippen LogP contribution in [0.1, 0.15) is 0 Å². The number of benzene rings is 2. The van der Waals surface area contributed by atoms with Gasteiger partial charge in [-0.15, -0.1) is 0 Å². The van der Waals surface area contributed by atoms with Crippen LogP contribution < -0.4 is 10.5 Å². The third kappa shape index (κ3) is 2.33. The second kappa shape index (κ2) is 4.78. The van der Waals surface area contributed by atoms with Crippen LogP contribution in [-0.2, 0) is 0 Å². The first kappa shape index (κ1) is 11.8. The highest BCUT2D eigenvalue weighted by Crippen LogP contribution is 2.33. The zero-order chi connectivity index (χ0) is 13.2. The summed E-state index contributed by atoms with van der Waals surface area (Å²) < 4.78 is 5.85. The van der Waals surface area contributed by atoms with Crippen molar-refractivity contribution in [1.82, 2.24) is 4.98 Å². The molecule has 3 nitrogen and oxygen atoms in total. The molecule has 1 heterocycles. The normalized spacial score (nSPS) is 10.6. The number of aromatic nitrogens is 1. The summed E-state index contributed by atoms with van der Waals surface area (Å²) >= 11 is 5.87. The molecule has 0 atom stereocenters. The Labute approximate surface area is 115 Å². The summed E-state index contributed by atoms with van der Waals surface area (Å²) in [5.41, 5.74) is 7.28. The molecule has 0 spiro atoms. The van der Waals surface area contributed by atoms with Gasteiger partial charge in [0.05, 0.1) is 11.2 Å². The summed E-state index contributed by atoms with van der Waals surface area (Å²) in [6.45, 7) is 0. The van der Waals surface area contributed by atoms with Crippen molar-refractivity contribution < 1.29 is 4.74 Å². The van der Waals surface area contributed by atoms with Crippen LogP contribution in [0, 0.1) is 0 Å². The fraction of sp³-hybridized carbons (Fsp3) is 0. The number of halogens is 1. The standard InChI is InChI=1S/C15H11ClN2O/c16-10-6-7-15(12(17)9-10)19-14-5-1-4-13-11(14)3-2-8-18-13/h1-9H,17H2. The van der Waals surface area contributed by atoms with Gasteiger partial charge in [-0.2, -0.15) is 0 Å². The van der Waals surface area contributed by atoms with E-state index in [0.717, 1.165) is 16.7 Å². The third-order valence-corrected chi connectivity index (χ3v) is 3.03. The number of anilines is 1. The molecule has 0 saturated carbocycles. The van der Waals surface area contributed by atoms with Crippen molar-refractivity contribution in [2.75, 3.05) is 5.73 Å². The first-order chi connectivity index (χ1) is 9.24. The number of ether oxygens (including phenoxy) is 1. The highest BCUT2D eigenvalue weighted by molar-refractivity contribution is 6.30. The van der Waals surface area contributed by atoms with Gasteiger partial charge in [-0.05, 0) is 42.5 Å². The van der Waals surface area contributed by atoms with Gasteiger partial charge in [-0.1, -0.05) is 17.7 Å². The van der Waals surface area contributed by atoms with E-state index in [1.54, 1.807) is 24.4 Å². The average molecular weight is 271 g/mol. The second-order valence-electron chi connectivity index (χ2n) is 4.11. The van der Waals surface area contributed by atoms with Crippen LogP contribution in [0.3, 0.4) is 0 Å². The van der Waals surface area contributed by atoms with Crippen molar-refractivity contribution in [2.24, 2.45) is 0 Å². The SMILES string of the molecule is Nc1cc(Cl)ccc1Oc1cccc2ncccc12. The lowest BCUT2D eigenvalue weighted by atomic mass is 10.2. The predicted molar refractivity (Wildman–Crippen MR) is 77.7 cm³/mol. The molecule has 0 aliphatic heterocycles. The van der Waals surface area contributed by atoms with E-state index in [-0.39, 0.29) is 0 Å². The smallest absolute Gasteiger partial charge is 0.150 e. The minimum absolute atomic E-state index is 0.508. The lowest BCUT2D eigenvalue weighted by Crippen LogP contribution is -1.92. The maximum atomic E-state index is 5.89. The number of hydrogen-bond donors (Lipinski definition) is 1. The van der Waals surface area contributed by atoms with E-state index in [0.29, 0.717) is 16.5 Å². The fourth-order valence-electron chi connectivity index (χ4n) is 1.89. The number of rotatable bonds is 2. The summed E-state index contributed by atoms with van der Waals surface area (Å²) in [6.07, 6.45) is 1.75. The molecule has 0 saturated heterocycles. The van der Waals surface area contributed by atoms with Gasteiger partial charge in [-0.25, -0.2) is 0 Å². The van der Waals surface area contributed by atoms with Gasteiger partial charge in [-0.3, -0.25) is 4.98 Å². The maximum Gasteiger partial charge on any atom is 0.150 e. The Morgan fingerprint density at radius 1 is 1.00 bits per heavy atom. The molecule has 4 heteroatoms. The number of nitrogen functional groups attached to an aromatic ring is 1. The van der Waals surface area contributed by atoms with Gasteiger partial charge < -0.3 is 10.5 Å². The van der Waals surface area contributed by atoms with Gasteiger partial charge in [0, 0.05) is 16.6 Å². The van der Waals surface area contributed by atoms with Crippen molar-refractivity contribution in [3.8, 4) is 11.5 Å². The molecule has 0 amide bonds. The van der Waals surface area contributed by atoms with Crippen molar-refractivity contribution in [1.29, 1.82) is 0 Å². The third-order valence-electron chi connectivity index (χ3n) is 2.80. The average Bonchev–Trinajstić information content (AvgIpc) is 2.42. The van der Waals surface area contributed by atoms with Gasteiger partial charge in [0.15, 0.2) is 0 Å². The molecule has 3 aromatic rings. The molecule has 0 fully saturated rings. The Morgan fingerprint density at radius 3 is 2.74 bits per heavy atom. The van der Waals surface area contributed by atoms with E-state index >= 15 is 0 Å². The van der Waals surface area contributed by atoms with Crippen LogP contribution in [-0.4, -0.2) is 4.98 Å². The highest BCUT2D eigenvalue weighted by Gasteiger charge is 2.06. The van der Waals surface area contributed by atoms with Gasteiger partial charge in [0.2, 0.25) is 0 Å². The fourth-order valence-corrected chi connectivity index (χ4v) is 2.08. The molecular weight excluding hydrogens is 260 g/mol. The first-order valence-electron chi connectivity index (χ1n) is 5.81. The largest absolute Gasteiger partial charge is 0.454 e. The van der Waals surface area contributed by atoms with Crippen LogP contribution in [0.2, 0.25) is 5.02 Å². The lowest BCUT2D eigenvalue weighted by molar-refractivity contribution is 0.490. The number of fused-ring (bicyclic) bond motifs is 1. The minimum Gasteiger partial charge on any atom is -0.454 e. The van der Waals surface area contributed by atoms with Crippen LogP contribution in [0.5, 0.6) is 11.5 Å². The van der Waals surface area contributed by atoms with E-state index in [1.807, 2.05) is 30.3 Å². The molecule has 3 rings (SSSR count). The van der Waals surface area contributed by atoms with Gasteiger partial charge in [0.1, 0.15) is 11.5 Å². The van der Waals surface area contributed by atoms with Crippen LogP contribution >= 0.6 is 11.6 Å². The van der Waals surface area contributed by atoms with Crippen LogP contribution in [0.4, 0.5) is 5.69 Å². The van der Waals surface area contributed by atoms with Gasteiger partial charge in [0.25, 0.3) is 0 Å². The monoisotopic (exact) mass is 270 g/mol. The van der Waals surface area contributed by atoms with E-state index in [4.69, 9.17) is 22.1 Å². The first-order valence-corrected chi connectivity index (χ1v) is 6.18. The molecule has 19 heavy (non-hydrogen) atoms. The molecular formula is C15H11ClN2O. The van der Waals surface area contributed by atoms with Crippen molar-refractivity contribution in [3.63, 3.8) is 0 Å². The summed E-state index contributed by atoms with van der Waals surface area (Å²) in [6, 6.07) is 14.7. The molecule has 0 aliphatic carbocycles. The molecule has 1 aromatic heterocycles. The van der Waals surface area contributed by atoms with Crippen LogP contribution in [0.25, 0.3) is 10.9 Å². The Bertz CT molecular complexity index is 738. The Hall–Kier alpha value is -2.26. The molecule has 0 bridgehead atoms. The molecule has 0 unspecified atom stereocenters. The topological polar surface area (TPSA) is 48.1 Å². The maximum absolute atomic E-state index is 5.89. The van der Waals surface area contributed by atoms with E-state index in [2.05, 4.69) is 4.98 Å². The van der Waals surface area contributed by atoms with Crippen LogP contribution in [0.15, 0.2) is 54.7 Å². The zero-order valence-corrected chi connectivity index (χ0v) is 10.8. The van der Waals surface area contributed by atoms with E-state index in [1.165, 1.54) is 0 Å². The molecule has 2 aromatic carbocycles. The minimum atomic E-state index is 0.508. The number of hydrogen-bond acceptors (Lipinski definition) is 3. The predicted octanol–water partition coefficient (Wildman–Crippen LogP) is 4.26. The summed E-state index contributed by atoms with van der Waals surface area (Å²) in [7, 11) is 0. The van der Waals surface area contributed by atoms with Crippen molar-refractivity contribution in [2.45, 2.75) is 0 Å². The molecule has 94 valence electrons. The van der Waals surface area contributed by atoms with E-state index in [9.17, 15) is 0 Å². The summed E-state index contributed by atoms with van der Waals surface area (Å²) in [5.74, 6) is 1.31. The van der Waals surface area contributed by atoms with Crippen molar-refractivity contribution in [3.05, 3.63) is 59.8 Å². The number of pyridine rings is 1. The Balaban J connectivity index is 2.06. The second-order valence-corrected chi connectivity index (χ2v) is 4.55. The van der Waals surface area contributed by atoms with Gasteiger partial charge >= 0.3 is 0 Å². The highest BCUT2D eigenvalue weighted by atomic mass is 35.5. The Kier molecular flexibility index (Phi) is 2.97.